The Morgan fingerprint density at radius 3 is 1.66 bits per heavy atom. The molecule has 0 bridgehead atoms. The second kappa shape index (κ2) is 14.7. The van der Waals surface area contributed by atoms with Crippen LogP contribution in [0.2, 0.25) is 0 Å². The number of anilines is 4. The SMILES string of the molecule is C1=CC2c3ccccc3N(c3cc(-n4c5c(c6ccccc64)C4C(C=C5)c5ccccc5N4c4ccccc4)cc(-n4c5ccccc5c5c4ccc4c6ccccc6n(-c6ccccc6)c45)c3)C2C=C1. The highest BCUT2D eigenvalue weighted by Crippen LogP contribution is 2.58. The molecule has 9 aromatic carbocycles. The average molecular weight is 908 g/mol. The highest BCUT2D eigenvalue weighted by Gasteiger charge is 2.44. The van der Waals surface area contributed by atoms with Crippen molar-refractivity contribution in [3.63, 3.8) is 0 Å². The van der Waals surface area contributed by atoms with Crippen LogP contribution in [0, 0.1) is 0 Å². The van der Waals surface area contributed by atoms with Gasteiger partial charge in [0, 0.05) is 72.8 Å². The Bertz CT molecular complexity index is 4280. The van der Waals surface area contributed by atoms with Crippen LogP contribution in [-0.2, 0) is 0 Å². The van der Waals surface area contributed by atoms with Crippen molar-refractivity contribution in [2.45, 2.75) is 23.9 Å². The first kappa shape index (κ1) is 38.9. The molecule has 0 N–H and O–H groups in total. The second-order valence-electron chi connectivity index (χ2n) is 19.6. The number of aromatic nitrogens is 3. The molecule has 4 atom stereocenters. The predicted molar refractivity (Wildman–Crippen MR) is 295 cm³/mol. The summed E-state index contributed by atoms with van der Waals surface area (Å²) < 4.78 is 7.58. The zero-order valence-corrected chi connectivity index (χ0v) is 38.7. The first-order valence-electron chi connectivity index (χ1n) is 24.9. The van der Waals surface area contributed by atoms with Crippen LogP contribution >= 0.6 is 0 Å². The molecule has 0 fully saturated rings. The molecule has 3 aromatic heterocycles. The minimum absolute atomic E-state index is 0.0742. The van der Waals surface area contributed by atoms with E-state index in [0.717, 1.165) is 22.7 Å². The zero-order valence-electron chi connectivity index (χ0n) is 38.7. The molecule has 2 aliphatic heterocycles. The van der Waals surface area contributed by atoms with Crippen LogP contribution in [0.1, 0.15) is 40.3 Å². The first-order valence-corrected chi connectivity index (χ1v) is 24.9. The van der Waals surface area contributed by atoms with Crippen molar-refractivity contribution >= 4 is 83.3 Å². The molecule has 0 spiro atoms. The van der Waals surface area contributed by atoms with E-state index < -0.39 is 0 Å². The number of hydrogen-bond donors (Lipinski definition) is 0. The number of rotatable bonds is 5. The molecule has 12 aromatic rings. The van der Waals surface area contributed by atoms with E-state index >= 15 is 0 Å². The lowest BCUT2D eigenvalue weighted by molar-refractivity contribution is 0.669. The van der Waals surface area contributed by atoms with Crippen LogP contribution in [0.25, 0.3) is 77.7 Å². The van der Waals surface area contributed by atoms with Crippen LogP contribution in [0.4, 0.5) is 22.7 Å². The Morgan fingerprint density at radius 1 is 0.338 bits per heavy atom. The molecule has 71 heavy (non-hydrogen) atoms. The van der Waals surface area contributed by atoms with Crippen LogP contribution in [0.3, 0.4) is 0 Å². The highest BCUT2D eigenvalue weighted by atomic mass is 15.2. The van der Waals surface area contributed by atoms with E-state index in [1.807, 2.05) is 0 Å². The smallest absolute Gasteiger partial charge is 0.0722 e. The van der Waals surface area contributed by atoms with Gasteiger partial charge in [-0.3, -0.25) is 0 Å². The fraction of sp³-hybridized carbons (Fsp3) is 0.0606. The van der Waals surface area contributed by atoms with Crippen molar-refractivity contribution in [3.05, 3.63) is 265 Å². The molecule has 4 aliphatic rings. The lowest BCUT2D eigenvalue weighted by Crippen LogP contribution is -2.28. The monoisotopic (exact) mass is 907 g/mol. The van der Waals surface area contributed by atoms with Gasteiger partial charge in [-0.25, -0.2) is 0 Å². The van der Waals surface area contributed by atoms with Gasteiger partial charge in [0.05, 0.1) is 56.7 Å². The van der Waals surface area contributed by atoms with E-state index in [0.29, 0.717) is 0 Å². The topological polar surface area (TPSA) is 21.3 Å². The van der Waals surface area contributed by atoms with E-state index in [-0.39, 0.29) is 23.9 Å². The van der Waals surface area contributed by atoms with Crippen LogP contribution in [0.15, 0.2) is 243 Å². The summed E-state index contributed by atoms with van der Waals surface area (Å²) >= 11 is 0. The van der Waals surface area contributed by atoms with E-state index in [4.69, 9.17) is 0 Å². The fourth-order valence-corrected chi connectivity index (χ4v) is 13.3. The third kappa shape index (κ3) is 5.35. The summed E-state index contributed by atoms with van der Waals surface area (Å²) in [6, 6.07) is 79.2. The Balaban J connectivity index is 1.00. The number of benzene rings is 9. The van der Waals surface area contributed by atoms with Gasteiger partial charge in [0.2, 0.25) is 0 Å². The van der Waals surface area contributed by atoms with E-state index in [2.05, 4.69) is 272 Å². The van der Waals surface area contributed by atoms with Crippen molar-refractivity contribution in [2.24, 2.45) is 0 Å². The van der Waals surface area contributed by atoms with Gasteiger partial charge < -0.3 is 23.5 Å². The average Bonchev–Trinajstić information content (AvgIpc) is 4.23. The molecular weight excluding hydrogens is 863 g/mol. The second-order valence-corrected chi connectivity index (χ2v) is 19.6. The Kier molecular flexibility index (Phi) is 8.06. The van der Waals surface area contributed by atoms with Gasteiger partial charge in [-0.05, 0) is 96.1 Å². The zero-order chi connectivity index (χ0) is 46.3. The molecular formula is C66H45N5. The minimum atomic E-state index is 0.0742. The maximum absolute atomic E-state index is 2.60. The van der Waals surface area contributed by atoms with Crippen molar-refractivity contribution in [2.75, 3.05) is 9.80 Å². The summed E-state index contributed by atoms with van der Waals surface area (Å²) in [5, 5.41) is 6.26. The summed E-state index contributed by atoms with van der Waals surface area (Å²) in [4.78, 5) is 5.19. The molecule has 0 radical (unpaired) electrons. The maximum Gasteiger partial charge on any atom is 0.0722 e. The molecule has 4 unspecified atom stereocenters. The highest BCUT2D eigenvalue weighted by molar-refractivity contribution is 6.26. The van der Waals surface area contributed by atoms with Gasteiger partial charge in [-0.1, -0.05) is 164 Å². The maximum atomic E-state index is 2.60. The summed E-state index contributed by atoms with van der Waals surface area (Å²) in [5.41, 5.74) is 19.6. The van der Waals surface area contributed by atoms with E-state index in [9.17, 15) is 0 Å². The van der Waals surface area contributed by atoms with Gasteiger partial charge >= 0.3 is 0 Å². The van der Waals surface area contributed by atoms with Crippen molar-refractivity contribution in [3.8, 4) is 17.1 Å². The Hall–Kier alpha value is -9.06. The van der Waals surface area contributed by atoms with E-state index in [1.165, 1.54) is 94.0 Å². The van der Waals surface area contributed by atoms with Gasteiger partial charge in [-0.2, -0.15) is 0 Å². The number of para-hydroxylation sites is 7. The van der Waals surface area contributed by atoms with Gasteiger partial charge in [0.15, 0.2) is 0 Å². The van der Waals surface area contributed by atoms with Gasteiger partial charge in [0.25, 0.3) is 0 Å². The molecule has 0 amide bonds. The summed E-state index contributed by atoms with van der Waals surface area (Å²) in [6.45, 7) is 0. The minimum Gasteiger partial charge on any atom is -0.333 e. The summed E-state index contributed by atoms with van der Waals surface area (Å²) in [7, 11) is 0. The molecule has 5 nitrogen and oxygen atoms in total. The third-order valence-electron chi connectivity index (χ3n) is 16.0. The Morgan fingerprint density at radius 2 is 0.901 bits per heavy atom. The molecule has 5 heterocycles. The third-order valence-corrected chi connectivity index (χ3v) is 16.0. The van der Waals surface area contributed by atoms with Crippen molar-refractivity contribution in [1.82, 2.24) is 13.7 Å². The largest absolute Gasteiger partial charge is 0.333 e. The number of hydrogen-bond acceptors (Lipinski definition) is 2. The van der Waals surface area contributed by atoms with Crippen molar-refractivity contribution < 1.29 is 0 Å². The molecule has 0 saturated carbocycles. The van der Waals surface area contributed by atoms with Crippen LogP contribution < -0.4 is 9.80 Å². The molecule has 16 rings (SSSR count). The number of nitrogens with zero attached hydrogens (tertiary/aromatic N) is 5. The molecule has 0 saturated heterocycles. The lowest BCUT2D eigenvalue weighted by Gasteiger charge is -2.32. The normalized spacial score (nSPS) is 18.5. The van der Waals surface area contributed by atoms with Gasteiger partial charge in [0.1, 0.15) is 0 Å². The number of fused-ring (bicyclic) bond motifs is 17. The first-order chi connectivity index (χ1) is 35.3. The number of allylic oxidation sites excluding steroid dienone is 2. The molecule has 5 heteroatoms. The van der Waals surface area contributed by atoms with E-state index in [1.54, 1.807) is 0 Å². The summed E-state index contributed by atoms with van der Waals surface area (Å²) in [5.74, 6) is 0.447. The van der Waals surface area contributed by atoms with Crippen molar-refractivity contribution in [1.29, 1.82) is 0 Å². The lowest BCUT2D eigenvalue weighted by atomic mass is 9.84. The standard InChI is InChI=1S/C66H45N5/c1-3-19-42(20-4-1)70-57-31-15-9-25-49(57)51-35-37-61-63(65(51)70)53-27-11-17-33-59(53)68(61)45-39-44(67-55-29-13-7-23-47(55)48-24-8-14-30-56(48)67)40-46(41-45)69-60-34-18-12-28-54(60)64-62(69)38-36-52-50-26-10-16-32-58(50)71(66(52)64)43-21-5-2-6-22-43/h1-41,47,51,55,65H. The molecule has 334 valence electrons. The quantitative estimate of drug-likeness (QED) is 0.172. The Labute approximate surface area is 411 Å². The summed E-state index contributed by atoms with van der Waals surface area (Å²) in [6.07, 6.45) is 14.1. The van der Waals surface area contributed by atoms with Crippen LogP contribution in [-0.4, -0.2) is 19.7 Å². The predicted octanol–water partition coefficient (Wildman–Crippen LogP) is 16.6. The fourth-order valence-electron chi connectivity index (χ4n) is 13.3. The van der Waals surface area contributed by atoms with Gasteiger partial charge in [-0.15, -0.1) is 0 Å². The molecule has 2 aliphatic carbocycles. The van der Waals surface area contributed by atoms with Crippen LogP contribution in [0.5, 0.6) is 0 Å².